The number of hydrogen-bond donors (Lipinski definition) is 0. The maximum Gasteiger partial charge on any atom is 0.256 e. The van der Waals surface area contributed by atoms with Crippen LogP contribution in [-0.4, -0.2) is 22.8 Å². The van der Waals surface area contributed by atoms with Gasteiger partial charge in [0.1, 0.15) is 0 Å². The Morgan fingerprint density at radius 3 is 3.00 bits per heavy atom. The zero-order valence-corrected chi connectivity index (χ0v) is 10.1. The Hall–Kier alpha value is -1.75. The molecule has 0 saturated heterocycles. The van der Waals surface area contributed by atoms with Crippen molar-refractivity contribution in [2.75, 3.05) is 7.05 Å². The van der Waals surface area contributed by atoms with E-state index in [1.807, 2.05) is 16.8 Å². The quantitative estimate of drug-likeness (QED) is 0.838. The van der Waals surface area contributed by atoms with Gasteiger partial charge < -0.3 is 4.90 Å². The van der Waals surface area contributed by atoms with Crippen LogP contribution in [0, 0.1) is 5.82 Å². The molecule has 5 heteroatoms. The van der Waals surface area contributed by atoms with Gasteiger partial charge in [0.25, 0.3) is 5.91 Å². The van der Waals surface area contributed by atoms with Crippen molar-refractivity contribution in [1.82, 2.24) is 9.88 Å². The molecular weight excluding hydrogens is 239 g/mol. The van der Waals surface area contributed by atoms with Gasteiger partial charge in [0.05, 0.1) is 11.8 Å². The SMILES string of the molecule is CN(Cc1ccsc1)C(=O)c1ccncc1F. The predicted octanol–water partition coefficient (Wildman–Crippen LogP) is 2.55. The van der Waals surface area contributed by atoms with Gasteiger partial charge in [-0.1, -0.05) is 0 Å². The lowest BCUT2D eigenvalue weighted by molar-refractivity contribution is 0.0780. The van der Waals surface area contributed by atoms with Crippen LogP contribution >= 0.6 is 11.3 Å². The van der Waals surface area contributed by atoms with Crippen LogP contribution in [0.5, 0.6) is 0 Å². The van der Waals surface area contributed by atoms with Gasteiger partial charge in [-0.05, 0) is 28.5 Å². The van der Waals surface area contributed by atoms with Crippen LogP contribution in [0.2, 0.25) is 0 Å². The van der Waals surface area contributed by atoms with E-state index < -0.39 is 5.82 Å². The van der Waals surface area contributed by atoms with Crippen molar-refractivity contribution >= 4 is 17.2 Å². The van der Waals surface area contributed by atoms with Gasteiger partial charge in [0.15, 0.2) is 5.82 Å². The van der Waals surface area contributed by atoms with Crippen LogP contribution in [0.15, 0.2) is 35.3 Å². The van der Waals surface area contributed by atoms with Gasteiger partial charge in [0, 0.05) is 19.8 Å². The van der Waals surface area contributed by atoms with Crippen molar-refractivity contribution in [2.24, 2.45) is 0 Å². The Morgan fingerprint density at radius 1 is 1.53 bits per heavy atom. The zero-order valence-electron chi connectivity index (χ0n) is 9.26. The molecule has 0 radical (unpaired) electrons. The van der Waals surface area contributed by atoms with Crippen LogP contribution in [0.25, 0.3) is 0 Å². The van der Waals surface area contributed by atoms with E-state index in [0.717, 1.165) is 11.8 Å². The number of nitrogens with zero attached hydrogens (tertiary/aromatic N) is 2. The predicted molar refractivity (Wildman–Crippen MR) is 64.3 cm³/mol. The van der Waals surface area contributed by atoms with E-state index in [-0.39, 0.29) is 11.5 Å². The fraction of sp³-hybridized carbons (Fsp3) is 0.167. The average molecular weight is 250 g/mol. The van der Waals surface area contributed by atoms with Crippen LogP contribution in [0.4, 0.5) is 4.39 Å². The van der Waals surface area contributed by atoms with Gasteiger partial charge in [0.2, 0.25) is 0 Å². The van der Waals surface area contributed by atoms with Gasteiger partial charge in [-0.25, -0.2) is 4.39 Å². The number of carbonyl (C=O) groups excluding carboxylic acids is 1. The molecule has 0 spiro atoms. The molecular formula is C12H11FN2OS. The number of halogens is 1. The summed E-state index contributed by atoms with van der Waals surface area (Å²) in [5, 5.41) is 3.91. The number of carbonyl (C=O) groups is 1. The number of aromatic nitrogens is 1. The summed E-state index contributed by atoms with van der Waals surface area (Å²) in [5.41, 5.74) is 1.10. The van der Waals surface area contributed by atoms with E-state index >= 15 is 0 Å². The Balaban J connectivity index is 2.13. The van der Waals surface area contributed by atoms with Crippen molar-refractivity contribution in [1.29, 1.82) is 0 Å². The molecule has 0 saturated carbocycles. The van der Waals surface area contributed by atoms with E-state index in [2.05, 4.69) is 4.98 Å². The maximum absolute atomic E-state index is 13.4. The molecule has 0 aliphatic carbocycles. The van der Waals surface area contributed by atoms with Crippen molar-refractivity contribution in [3.8, 4) is 0 Å². The third kappa shape index (κ3) is 2.68. The van der Waals surface area contributed by atoms with Crippen LogP contribution in [-0.2, 0) is 6.54 Å². The Bertz CT molecular complexity index is 513. The molecule has 0 bridgehead atoms. The van der Waals surface area contributed by atoms with Gasteiger partial charge in [-0.2, -0.15) is 11.3 Å². The highest BCUT2D eigenvalue weighted by molar-refractivity contribution is 7.07. The summed E-state index contributed by atoms with van der Waals surface area (Å²) in [6, 6.07) is 3.33. The number of pyridine rings is 1. The second-order valence-electron chi connectivity index (χ2n) is 3.65. The standard InChI is InChI=1S/C12H11FN2OS/c1-15(7-9-3-5-17-8-9)12(16)10-2-4-14-6-11(10)13/h2-6,8H,7H2,1H3. The van der Waals surface area contributed by atoms with Crippen molar-refractivity contribution in [2.45, 2.75) is 6.54 Å². The molecule has 2 aromatic heterocycles. The van der Waals surface area contributed by atoms with E-state index in [0.29, 0.717) is 6.54 Å². The Morgan fingerprint density at radius 2 is 2.35 bits per heavy atom. The fourth-order valence-corrected chi connectivity index (χ4v) is 2.14. The highest BCUT2D eigenvalue weighted by atomic mass is 32.1. The monoisotopic (exact) mass is 250 g/mol. The molecule has 0 atom stereocenters. The molecule has 2 rings (SSSR count). The first kappa shape index (κ1) is 11.7. The van der Waals surface area contributed by atoms with Crippen LogP contribution in [0.3, 0.4) is 0 Å². The molecule has 0 aliphatic heterocycles. The summed E-state index contributed by atoms with van der Waals surface area (Å²) in [4.78, 5) is 17.1. The normalized spacial score (nSPS) is 10.2. The average Bonchev–Trinajstić information content (AvgIpc) is 2.81. The molecule has 17 heavy (non-hydrogen) atoms. The topological polar surface area (TPSA) is 33.2 Å². The van der Waals surface area contributed by atoms with Crippen LogP contribution < -0.4 is 0 Å². The highest BCUT2D eigenvalue weighted by Crippen LogP contribution is 2.12. The summed E-state index contributed by atoms with van der Waals surface area (Å²) in [7, 11) is 1.65. The number of amides is 1. The Kier molecular flexibility index (Phi) is 3.49. The molecule has 88 valence electrons. The minimum Gasteiger partial charge on any atom is -0.337 e. The lowest BCUT2D eigenvalue weighted by Gasteiger charge is -2.16. The maximum atomic E-state index is 13.4. The molecule has 2 heterocycles. The van der Waals surface area contributed by atoms with Gasteiger partial charge in [-0.3, -0.25) is 9.78 Å². The lowest BCUT2D eigenvalue weighted by atomic mass is 10.2. The van der Waals surface area contributed by atoms with Crippen molar-refractivity contribution in [3.63, 3.8) is 0 Å². The molecule has 0 N–H and O–H groups in total. The highest BCUT2D eigenvalue weighted by Gasteiger charge is 2.16. The summed E-state index contributed by atoms with van der Waals surface area (Å²) in [6.45, 7) is 0.476. The second kappa shape index (κ2) is 5.05. The first-order chi connectivity index (χ1) is 8.18. The molecule has 2 aromatic rings. The van der Waals surface area contributed by atoms with Crippen LogP contribution in [0.1, 0.15) is 15.9 Å². The van der Waals surface area contributed by atoms with Gasteiger partial charge >= 0.3 is 0 Å². The van der Waals surface area contributed by atoms with Crippen molar-refractivity contribution < 1.29 is 9.18 Å². The van der Waals surface area contributed by atoms with Crippen molar-refractivity contribution in [3.05, 3.63) is 52.2 Å². The first-order valence-corrected chi connectivity index (χ1v) is 5.99. The molecule has 0 aromatic carbocycles. The molecule has 1 amide bonds. The lowest BCUT2D eigenvalue weighted by Crippen LogP contribution is -2.26. The number of rotatable bonds is 3. The van der Waals surface area contributed by atoms with Gasteiger partial charge in [-0.15, -0.1) is 0 Å². The molecule has 3 nitrogen and oxygen atoms in total. The molecule has 0 unspecified atom stereocenters. The van der Waals surface area contributed by atoms with E-state index in [1.54, 1.807) is 18.4 Å². The first-order valence-electron chi connectivity index (χ1n) is 5.04. The molecule has 0 fully saturated rings. The third-order valence-corrected chi connectivity index (χ3v) is 3.08. The minimum absolute atomic E-state index is 0.0535. The largest absolute Gasteiger partial charge is 0.337 e. The van der Waals surface area contributed by atoms with E-state index in [9.17, 15) is 9.18 Å². The summed E-state index contributed by atoms with van der Waals surface area (Å²) in [6.07, 6.45) is 2.46. The summed E-state index contributed by atoms with van der Waals surface area (Å²) >= 11 is 1.57. The number of hydrogen-bond acceptors (Lipinski definition) is 3. The Labute approximate surface area is 103 Å². The molecule has 0 aliphatic rings. The zero-order chi connectivity index (χ0) is 12.3. The van der Waals surface area contributed by atoms with E-state index in [4.69, 9.17) is 0 Å². The smallest absolute Gasteiger partial charge is 0.256 e. The minimum atomic E-state index is -0.588. The second-order valence-corrected chi connectivity index (χ2v) is 4.43. The summed E-state index contributed by atoms with van der Waals surface area (Å²) < 4.78 is 13.4. The fourth-order valence-electron chi connectivity index (χ4n) is 1.48. The summed E-state index contributed by atoms with van der Waals surface area (Å²) in [5.74, 6) is -0.925. The van der Waals surface area contributed by atoms with E-state index in [1.165, 1.54) is 17.2 Å². The number of thiophene rings is 1. The third-order valence-electron chi connectivity index (χ3n) is 2.35.